The number of carbonyl (C=O) groups excluding carboxylic acids is 1. The van der Waals surface area contributed by atoms with Gasteiger partial charge in [-0.2, -0.15) is 0 Å². The maximum atomic E-state index is 12.0. The number of carbonyl (C=O) groups is 1. The number of hydrogen-bond acceptors (Lipinski definition) is 2. The zero-order chi connectivity index (χ0) is 13.3. The van der Waals surface area contributed by atoms with Gasteiger partial charge in [-0.25, -0.2) is 0 Å². The van der Waals surface area contributed by atoms with E-state index in [0.717, 1.165) is 29.1 Å². The van der Waals surface area contributed by atoms with Crippen molar-refractivity contribution >= 4 is 11.6 Å². The number of anilines is 1. The van der Waals surface area contributed by atoms with Crippen LogP contribution in [0.3, 0.4) is 0 Å². The predicted molar refractivity (Wildman–Crippen MR) is 73.1 cm³/mol. The van der Waals surface area contributed by atoms with E-state index in [-0.39, 0.29) is 11.8 Å². The van der Waals surface area contributed by atoms with Gasteiger partial charge in [-0.05, 0) is 37.1 Å². The maximum Gasteiger partial charge on any atom is 0.227 e. The Labute approximate surface area is 108 Å². The SMILES string of the molecule is C=CC1CC(=O)N(c2cc(C)c(OC)c(C)c2)C1. The molecule has 1 amide bonds. The van der Waals surface area contributed by atoms with Gasteiger partial charge in [0.25, 0.3) is 0 Å². The maximum absolute atomic E-state index is 12.0. The van der Waals surface area contributed by atoms with Crippen LogP contribution in [0.2, 0.25) is 0 Å². The van der Waals surface area contributed by atoms with Crippen LogP contribution in [-0.2, 0) is 4.79 Å². The average molecular weight is 245 g/mol. The second-order valence-corrected chi connectivity index (χ2v) is 4.82. The molecule has 2 rings (SSSR count). The fraction of sp³-hybridized carbons (Fsp3) is 0.400. The molecule has 3 heteroatoms. The summed E-state index contributed by atoms with van der Waals surface area (Å²) in [5.41, 5.74) is 3.07. The van der Waals surface area contributed by atoms with Crippen molar-refractivity contribution in [2.45, 2.75) is 20.3 Å². The normalized spacial score (nSPS) is 19.2. The van der Waals surface area contributed by atoms with Gasteiger partial charge in [-0.3, -0.25) is 4.79 Å². The predicted octanol–water partition coefficient (Wildman–Crippen LogP) is 2.85. The molecule has 3 nitrogen and oxygen atoms in total. The minimum absolute atomic E-state index is 0.170. The third kappa shape index (κ3) is 2.13. The molecule has 18 heavy (non-hydrogen) atoms. The molecule has 0 spiro atoms. The lowest BCUT2D eigenvalue weighted by molar-refractivity contribution is -0.117. The molecule has 1 aliphatic rings. The molecule has 1 aliphatic heterocycles. The molecule has 0 radical (unpaired) electrons. The molecule has 0 bridgehead atoms. The monoisotopic (exact) mass is 245 g/mol. The van der Waals surface area contributed by atoms with Gasteiger partial charge in [0, 0.05) is 24.6 Å². The lowest BCUT2D eigenvalue weighted by Crippen LogP contribution is -2.24. The van der Waals surface area contributed by atoms with Crippen molar-refractivity contribution in [3.63, 3.8) is 0 Å². The largest absolute Gasteiger partial charge is 0.496 e. The summed E-state index contributed by atoms with van der Waals surface area (Å²) in [6, 6.07) is 4.02. The molecule has 1 saturated heterocycles. The highest BCUT2D eigenvalue weighted by molar-refractivity contribution is 5.96. The second-order valence-electron chi connectivity index (χ2n) is 4.82. The lowest BCUT2D eigenvalue weighted by Gasteiger charge is -2.19. The number of rotatable bonds is 3. The molecule has 1 unspecified atom stereocenters. The Bertz CT molecular complexity index is 470. The molecular weight excluding hydrogens is 226 g/mol. The van der Waals surface area contributed by atoms with Crippen LogP contribution >= 0.6 is 0 Å². The third-order valence-corrected chi connectivity index (χ3v) is 3.45. The molecule has 1 aromatic carbocycles. The molecule has 1 atom stereocenters. The molecule has 0 aliphatic carbocycles. The quantitative estimate of drug-likeness (QED) is 0.766. The van der Waals surface area contributed by atoms with Gasteiger partial charge in [0.2, 0.25) is 5.91 Å². The minimum Gasteiger partial charge on any atom is -0.496 e. The molecule has 1 aromatic rings. The van der Waals surface area contributed by atoms with Gasteiger partial charge < -0.3 is 9.64 Å². The van der Waals surface area contributed by atoms with E-state index in [1.807, 2.05) is 37.0 Å². The van der Waals surface area contributed by atoms with Crippen LogP contribution in [0.4, 0.5) is 5.69 Å². The van der Waals surface area contributed by atoms with E-state index in [4.69, 9.17) is 4.74 Å². The summed E-state index contributed by atoms with van der Waals surface area (Å²) in [7, 11) is 1.67. The fourth-order valence-corrected chi connectivity index (χ4v) is 2.55. The Morgan fingerprint density at radius 2 is 2.00 bits per heavy atom. The van der Waals surface area contributed by atoms with Gasteiger partial charge in [0.05, 0.1) is 7.11 Å². The molecule has 0 N–H and O–H groups in total. The van der Waals surface area contributed by atoms with Crippen LogP contribution in [0.1, 0.15) is 17.5 Å². The third-order valence-electron chi connectivity index (χ3n) is 3.45. The molecule has 96 valence electrons. The summed E-state index contributed by atoms with van der Waals surface area (Å²) in [6.07, 6.45) is 2.43. The summed E-state index contributed by atoms with van der Waals surface area (Å²) >= 11 is 0. The van der Waals surface area contributed by atoms with E-state index in [1.165, 1.54) is 0 Å². The van der Waals surface area contributed by atoms with Crippen LogP contribution in [0.15, 0.2) is 24.8 Å². The highest BCUT2D eigenvalue weighted by atomic mass is 16.5. The van der Waals surface area contributed by atoms with Crippen molar-refractivity contribution in [1.82, 2.24) is 0 Å². The molecule has 1 fully saturated rings. The van der Waals surface area contributed by atoms with Gasteiger partial charge in [0.15, 0.2) is 0 Å². The number of ether oxygens (including phenoxy) is 1. The molecule has 1 heterocycles. The van der Waals surface area contributed by atoms with Crippen molar-refractivity contribution in [3.8, 4) is 5.75 Å². The first-order valence-electron chi connectivity index (χ1n) is 6.15. The molecule has 0 aromatic heterocycles. The number of methoxy groups -OCH3 is 1. The van der Waals surface area contributed by atoms with Gasteiger partial charge in [-0.1, -0.05) is 6.08 Å². The lowest BCUT2D eigenvalue weighted by atomic mass is 10.1. The number of aryl methyl sites for hydroxylation is 2. The minimum atomic E-state index is 0.170. The Balaban J connectivity index is 2.35. The highest BCUT2D eigenvalue weighted by Gasteiger charge is 2.29. The Kier molecular flexibility index (Phi) is 3.41. The molecular formula is C15H19NO2. The number of amides is 1. The summed E-state index contributed by atoms with van der Waals surface area (Å²) in [6.45, 7) is 8.50. The topological polar surface area (TPSA) is 29.5 Å². The zero-order valence-electron chi connectivity index (χ0n) is 11.2. The van der Waals surface area contributed by atoms with E-state index in [2.05, 4.69) is 6.58 Å². The van der Waals surface area contributed by atoms with Crippen LogP contribution in [0.5, 0.6) is 5.75 Å². The van der Waals surface area contributed by atoms with Crippen LogP contribution in [-0.4, -0.2) is 19.6 Å². The van der Waals surface area contributed by atoms with Crippen LogP contribution in [0.25, 0.3) is 0 Å². The summed E-state index contributed by atoms with van der Waals surface area (Å²) in [5.74, 6) is 1.33. The first-order chi connectivity index (χ1) is 8.56. The van der Waals surface area contributed by atoms with Crippen molar-refractivity contribution in [1.29, 1.82) is 0 Å². The van der Waals surface area contributed by atoms with E-state index < -0.39 is 0 Å². The highest BCUT2D eigenvalue weighted by Crippen LogP contribution is 2.32. The van der Waals surface area contributed by atoms with E-state index in [0.29, 0.717) is 6.42 Å². The first-order valence-corrected chi connectivity index (χ1v) is 6.15. The van der Waals surface area contributed by atoms with Gasteiger partial charge in [0.1, 0.15) is 5.75 Å². The fourth-order valence-electron chi connectivity index (χ4n) is 2.55. The van der Waals surface area contributed by atoms with Crippen molar-refractivity contribution in [2.24, 2.45) is 5.92 Å². The van der Waals surface area contributed by atoms with Gasteiger partial charge in [-0.15, -0.1) is 6.58 Å². The standard InChI is InChI=1S/C15H19NO2/c1-5-12-8-14(17)16(9-12)13-6-10(2)15(18-4)11(3)7-13/h5-7,12H,1,8-9H2,2-4H3. The Morgan fingerprint density at radius 1 is 1.39 bits per heavy atom. The zero-order valence-corrected chi connectivity index (χ0v) is 11.2. The van der Waals surface area contributed by atoms with Crippen molar-refractivity contribution in [2.75, 3.05) is 18.6 Å². The smallest absolute Gasteiger partial charge is 0.227 e. The van der Waals surface area contributed by atoms with Crippen molar-refractivity contribution < 1.29 is 9.53 Å². The van der Waals surface area contributed by atoms with Crippen LogP contribution < -0.4 is 9.64 Å². The summed E-state index contributed by atoms with van der Waals surface area (Å²) in [5, 5.41) is 0. The van der Waals surface area contributed by atoms with Crippen molar-refractivity contribution in [3.05, 3.63) is 35.9 Å². The van der Waals surface area contributed by atoms with E-state index in [9.17, 15) is 4.79 Å². The number of benzene rings is 1. The number of nitrogens with zero attached hydrogens (tertiary/aromatic N) is 1. The first kappa shape index (κ1) is 12.7. The Hall–Kier alpha value is -1.77. The van der Waals surface area contributed by atoms with E-state index in [1.54, 1.807) is 7.11 Å². The van der Waals surface area contributed by atoms with Crippen LogP contribution in [0, 0.1) is 19.8 Å². The Morgan fingerprint density at radius 3 is 2.44 bits per heavy atom. The van der Waals surface area contributed by atoms with Gasteiger partial charge >= 0.3 is 0 Å². The number of hydrogen-bond donors (Lipinski definition) is 0. The second kappa shape index (κ2) is 4.84. The molecule has 0 saturated carbocycles. The summed E-state index contributed by atoms with van der Waals surface area (Å²) in [4.78, 5) is 13.8. The van der Waals surface area contributed by atoms with E-state index >= 15 is 0 Å². The average Bonchev–Trinajstić information content (AvgIpc) is 2.70. The summed E-state index contributed by atoms with van der Waals surface area (Å²) < 4.78 is 5.34.